The van der Waals surface area contributed by atoms with Crippen LogP contribution in [-0.2, 0) is 9.47 Å². The molecule has 5 heteroatoms. The molecule has 1 fully saturated rings. The molecule has 1 aliphatic rings. The second kappa shape index (κ2) is 4.36. The van der Waals surface area contributed by atoms with E-state index in [1.165, 1.54) is 0 Å². The Morgan fingerprint density at radius 2 is 2.00 bits per heavy atom. The SMILES string of the molecule is CC1(C)OCC(c2ccc(-c3cc(N)no3)cc2)O1. The molecule has 2 heterocycles. The number of hydrogen-bond acceptors (Lipinski definition) is 5. The Morgan fingerprint density at radius 1 is 1.26 bits per heavy atom. The monoisotopic (exact) mass is 260 g/mol. The number of anilines is 1. The van der Waals surface area contributed by atoms with E-state index in [0.29, 0.717) is 18.2 Å². The molecule has 3 rings (SSSR count). The predicted molar refractivity (Wildman–Crippen MR) is 70.2 cm³/mol. The number of aromatic nitrogens is 1. The molecule has 0 amide bonds. The molecule has 1 saturated heterocycles. The number of rotatable bonds is 2. The highest BCUT2D eigenvalue weighted by molar-refractivity contribution is 5.60. The van der Waals surface area contributed by atoms with Crippen molar-refractivity contribution >= 4 is 5.82 Å². The summed E-state index contributed by atoms with van der Waals surface area (Å²) < 4.78 is 16.5. The fourth-order valence-electron chi connectivity index (χ4n) is 2.14. The van der Waals surface area contributed by atoms with E-state index in [4.69, 9.17) is 19.7 Å². The molecule has 19 heavy (non-hydrogen) atoms. The molecule has 0 bridgehead atoms. The first-order chi connectivity index (χ1) is 9.03. The van der Waals surface area contributed by atoms with Gasteiger partial charge in [-0.25, -0.2) is 0 Å². The van der Waals surface area contributed by atoms with Crippen molar-refractivity contribution in [2.75, 3.05) is 12.3 Å². The zero-order valence-electron chi connectivity index (χ0n) is 10.9. The van der Waals surface area contributed by atoms with Crippen molar-refractivity contribution in [2.24, 2.45) is 0 Å². The molecule has 0 saturated carbocycles. The first kappa shape index (κ1) is 12.2. The van der Waals surface area contributed by atoms with E-state index < -0.39 is 5.79 Å². The summed E-state index contributed by atoms with van der Waals surface area (Å²) in [5.41, 5.74) is 7.56. The number of nitrogen functional groups attached to an aromatic ring is 1. The van der Waals surface area contributed by atoms with Crippen LogP contribution in [-0.4, -0.2) is 17.6 Å². The zero-order chi connectivity index (χ0) is 13.5. The summed E-state index contributed by atoms with van der Waals surface area (Å²) in [6.07, 6.45) is -0.0242. The van der Waals surface area contributed by atoms with Crippen LogP contribution in [0.25, 0.3) is 11.3 Å². The number of nitrogens with two attached hydrogens (primary N) is 1. The summed E-state index contributed by atoms with van der Waals surface area (Å²) in [4.78, 5) is 0. The van der Waals surface area contributed by atoms with Gasteiger partial charge in [-0.3, -0.25) is 0 Å². The quantitative estimate of drug-likeness (QED) is 0.899. The van der Waals surface area contributed by atoms with E-state index in [2.05, 4.69) is 5.16 Å². The van der Waals surface area contributed by atoms with Gasteiger partial charge in [-0.1, -0.05) is 29.4 Å². The highest BCUT2D eigenvalue weighted by Crippen LogP contribution is 2.33. The zero-order valence-corrected chi connectivity index (χ0v) is 10.9. The van der Waals surface area contributed by atoms with Crippen LogP contribution in [0.2, 0.25) is 0 Å². The summed E-state index contributed by atoms with van der Waals surface area (Å²) in [5, 5.41) is 3.67. The van der Waals surface area contributed by atoms with Crippen LogP contribution in [0.3, 0.4) is 0 Å². The molecule has 100 valence electrons. The van der Waals surface area contributed by atoms with Gasteiger partial charge in [0, 0.05) is 11.6 Å². The average molecular weight is 260 g/mol. The largest absolute Gasteiger partial charge is 0.381 e. The molecule has 2 aromatic rings. The van der Waals surface area contributed by atoms with E-state index in [-0.39, 0.29) is 6.10 Å². The van der Waals surface area contributed by atoms with E-state index in [1.54, 1.807) is 6.07 Å². The molecule has 5 nitrogen and oxygen atoms in total. The third-order valence-electron chi connectivity index (χ3n) is 3.10. The summed E-state index contributed by atoms with van der Waals surface area (Å²) >= 11 is 0. The fourth-order valence-corrected chi connectivity index (χ4v) is 2.14. The first-order valence-corrected chi connectivity index (χ1v) is 6.18. The van der Waals surface area contributed by atoms with Gasteiger partial charge in [-0.2, -0.15) is 0 Å². The van der Waals surface area contributed by atoms with Gasteiger partial charge in [-0.05, 0) is 19.4 Å². The van der Waals surface area contributed by atoms with E-state index >= 15 is 0 Å². The molecule has 2 N–H and O–H groups in total. The van der Waals surface area contributed by atoms with Crippen molar-refractivity contribution in [3.63, 3.8) is 0 Å². The van der Waals surface area contributed by atoms with Gasteiger partial charge in [0.25, 0.3) is 0 Å². The molecule has 1 unspecified atom stereocenters. The highest BCUT2D eigenvalue weighted by atomic mass is 16.7. The molecule has 0 spiro atoms. The molecule has 1 aliphatic heterocycles. The van der Waals surface area contributed by atoms with E-state index in [9.17, 15) is 0 Å². The Morgan fingerprint density at radius 3 is 2.53 bits per heavy atom. The van der Waals surface area contributed by atoms with Gasteiger partial charge in [0.05, 0.1) is 6.61 Å². The molecule has 0 radical (unpaired) electrons. The number of ether oxygens (including phenoxy) is 2. The van der Waals surface area contributed by atoms with E-state index in [1.807, 2.05) is 38.1 Å². The van der Waals surface area contributed by atoms with Crippen LogP contribution in [0.4, 0.5) is 5.82 Å². The number of benzene rings is 1. The Labute approximate surface area is 111 Å². The highest BCUT2D eigenvalue weighted by Gasteiger charge is 2.33. The van der Waals surface area contributed by atoms with Crippen LogP contribution < -0.4 is 5.73 Å². The molecule has 1 atom stereocenters. The fraction of sp³-hybridized carbons (Fsp3) is 0.357. The van der Waals surface area contributed by atoms with Gasteiger partial charge >= 0.3 is 0 Å². The Hall–Kier alpha value is -1.85. The number of hydrogen-bond donors (Lipinski definition) is 1. The van der Waals surface area contributed by atoms with E-state index in [0.717, 1.165) is 11.1 Å². The van der Waals surface area contributed by atoms with Gasteiger partial charge < -0.3 is 19.7 Å². The summed E-state index contributed by atoms with van der Waals surface area (Å²) in [6, 6.07) is 9.63. The van der Waals surface area contributed by atoms with Crippen molar-refractivity contribution < 1.29 is 14.0 Å². The minimum Gasteiger partial charge on any atom is -0.381 e. The average Bonchev–Trinajstić information content (AvgIpc) is 2.96. The lowest BCUT2D eigenvalue weighted by Crippen LogP contribution is -2.19. The molecule has 1 aromatic heterocycles. The minimum atomic E-state index is -0.511. The standard InChI is InChI=1S/C14H16N2O3/c1-14(2)17-8-12(18-14)10-5-3-9(4-6-10)11-7-13(15)16-19-11/h3-7,12H,8H2,1-2H3,(H2,15,16). The van der Waals surface area contributed by atoms with Crippen molar-refractivity contribution in [3.05, 3.63) is 35.9 Å². The molecular formula is C14H16N2O3. The lowest BCUT2D eigenvalue weighted by Gasteiger charge is -2.17. The predicted octanol–water partition coefficient (Wildman–Crippen LogP) is 2.75. The van der Waals surface area contributed by atoms with Crippen LogP contribution in [0.1, 0.15) is 25.5 Å². The second-order valence-corrected chi connectivity index (χ2v) is 5.06. The molecule has 0 aliphatic carbocycles. The summed E-state index contributed by atoms with van der Waals surface area (Å²) in [5.74, 6) is 0.532. The lowest BCUT2D eigenvalue weighted by atomic mass is 10.1. The van der Waals surface area contributed by atoms with Gasteiger partial charge in [-0.15, -0.1) is 0 Å². The van der Waals surface area contributed by atoms with Gasteiger partial charge in [0.1, 0.15) is 6.10 Å². The van der Waals surface area contributed by atoms with Crippen molar-refractivity contribution in [1.29, 1.82) is 0 Å². The van der Waals surface area contributed by atoms with Gasteiger partial charge in [0.2, 0.25) is 0 Å². The van der Waals surface area contributed by atoms with Crippen molar-refractivity contribution in [2.45, 2.75) is 25.7 Å². The lowest BCUT2D eigenvalue weighted by molar-refractivity contribution is -0.139. The van der Waals surface area contributed by atoms with Crippen LogP contribution >= 0.6 is 0 Å². The van der Waals surface area contributed by atoms with Crippen molar-refractivity contribution in [1.82, 2.24) is 5.16 Å². The van der Waals surface area contributed by atoms with Crippen LogP contribution in [0, 0.1) is 0 Å². The Kier molecular flexibility index (Phi) is 2.80. The van der Waals surface area contributed by atoms with Gasteiger partial charge in [0.15, 0.2) is 17.4 Å². The Balaban J connectivity index is 1.80. The molecular weight excluding hydrogens is 244 g/mol. The first-order valence-electron chi connectivity index (χ1n) is 6.18. The smallest absolute Gasteiger partial charge is 0.169 e. The van der Waals surface area contributed by atoms with Crippen LogP contribution in [0.15, 0.2) is 34.9 Å². The third-order valence-corrected chi connectivity index (χ3v) is 3.10. The topological polar surface area (TPSA) is 70.5 Å². The summed E-state index contributed by atoms with van der Waals surface area (Å²) in [7, 11) is 0. The third kappa shape index (κ3) is 2.47. The maximum atomic E-state index is 5.81. The molecule has 1 aromatic carbocycles. The van der Waals surface area contributed by atoms with Crippen LogP contribution in [0.5, 0.6) is 0 Å². The second-order valence-electron chi connectivity index (χ2n) is 5.06. The van der Waals surface area contributed by atoms with Crippen molar-refractivity contribution in [3.8, 4) is 11.3 Å². The minimum absolute atomic E-state index is 0.0242. The maximum Gasteiger partial charge on any atom is 0.169 e. The maximum absolute atomic E-state index is 5.81. The normalized spacial score (nSPS) is 21.7. The Bertz CT molecular complexity index is 575. The summed E-state index contributed by atoms with van der Waals surface area (Å²) in [6.45, 7) is 4.40. The number of nitrogens with zero attached hydrogens (tertiary/aromatic N) is 1.